The number of carboxylic acids is 1. The molecule has 0 unspecified atom stereocenters. The normalized spacial score (nSPS) is 10.1. The maximum Gasteiger partial charge on any atom is 0.338 e. The number of carbonyl (C=O) groups is 1. The number of pyridine rings is 2. The molecule has 2 rings (SSSR count). The molecule has 0 aliphatic carbocycles. The molecular weight excluding hydrogens is 274 g/mol. The van der Waals surface area contributed by atoms with Gasteiger partial charge in [-0.1, -0.05) is 0 Å². The van der Waals surface area contributed by atoms with E-state index < -0.39 is 5.97 Å². The zero-order valence-electron chi connectivity index (χ0n) is 10.9. The first kappa shape index (κ1) is 14.0. The molecule has 1 N–H and O–H groups in total. The lowest BCUT2D eigenvalue weighted by Crippen LogP contribution is -2.01. The fourth-order valence-corrected chi connectivity index (χ4v) is 2.80. The Balaban J connectivity index is 2.51. The summed E-state index contributed by atoms with van der Waals surface area (Å²) in [5.41, 5.74) is 2.14. The monoisotopic (exact) mass is 285 g/mol. The van der Waals surface area contributed by atoms with Crippen molar-refractivity contribution >= 4 is 17.7 Å². The van der Waals surface area contributed by atoms with Gasteiger partial charge in [-0.3, -0.25) is 0 Å². The van der Waals surface area contributed by atoms with Crippen molar-refractivity contribution in [1.29, 1.82) is 5.26 Å². The molecule has 2 aromatic rings. The Hall–Kier alpha value is -2.39. The summed E-state index contributed by atoms with van der Waals surface area (Å²) in [4.78, 5) is 19.5. The molecule has 0 saturated heterocycles. The molecule has 2 heterocycles. The predicted molar refractivity (Wildman–Crippen MR) is 73.7 cm³/mol. The van der Waals surface area contributed by atoms with Crippen molar-refractivity contribution in [3.63, 3.8) is 0 Å². The molecule has 2 aromatic heterocycles. The average molecular weight is 285 g/mol. The topological polar surface area (TPSA) is 86.9 Å². The smallest absolute Gasteiger partial charge is 0.338 e. The van der Waals surface area contributed by atoms with E-state index in [9.17, 15) is 10.1 Å². The van der Waals surface area contributed by atoms with Crippen molar-refractivity contribution < 1.29 is 9.90 Å². The van der Waals surface area contributed by atoms with Gasteiger partial charge in [0.2, 0.25) is 0 Å². The van der Waals surface area contributed by atoms with Crippen LogP contribution in [0.25, 0.3) is 0 Å². The second-order valence-electron chi connectivity index (χ2n) is 4.14. The number of carboxylic acid groups (broad SMARTS) is 1. The van der Waals surface area contributed by atoms with Gasteiger partial charge in [0.15, 0.2) is 0 Å². The van der Waals surface area contributed by atoms with E-state index in [1.54, 1.807) is 6.07 Å². The number of aromatic carboxylic acids is 1. The summed E-state index contributed by atoms with van der Waals surface area (Å²) in [6, 6.07) is 6.96. The van der Waals surface area contributed by atoms with Crippen LogP contribution in [-0.4, -0.2) is 21.0 Å². The molecule has 0 aromatic carbocycles. The van der Waals surface area contributed by atoms with Crippen molar-refractivity contribution in [3.8, 4) is 6.07 Å². The Morgan fingerprint density at radius 2 is 2.15 bits per heavy atom. The fraction of sp³-hybridized carbons (Fsp3) is 0.143. The number of aryl methyl sites for hydroxylation is 2. The summed E-state index contributed by atoms with van der Waals surface area (Å²) < 4.78 is 0. The first-order valence-electron chi connectivity index (χ1n) is 5.77. The highest BCUT2D eigenvalue weighted by molar-refractivity contribution is 7.99. The van der Waals surface area contributed by atoms with E-state index >= 15 is 0 Å². The molecule has 0 radical (unpaired) electrons. The van der Waals surface area contributed by atoms with Crippen molar-refractivity contribution in [1.82, 2.24) is 9.97 Å². The minimum Gasteiger partial charge on any atom is -0.478 e. The first-order chi connectivity index (χ1) is 9.52. The Morgan fingerprint density at radius 1 is 1.40 bits per heavy atom. The molecule has 0 atom stereocenters. The maximum atomic E-state index is 11.2. The Labute approximate surface area is 120 Å². The quantitative estimate of drug-likeness (QED) is 0.933. The number of nitrogens with zero attached hydrogens (tertiary/aromatic N) is 3. The number of hydrogen-bond donors (Lipinski definition) is 1. The van der Waals surface area contributed by atoms with Gasteiger partial charge in [0.25, 0.3) is 0 Å². The highest BCUT2D eigenvalue weighted by atomic mass is 32.2. The van der Waals surface area contributed by atoms with Crippen molar-refractivity contribution in [2.24, 2.45) is 0 Å². The SMILES string of the molecule is Cc1cc(C)c(C#N)c(Sc2ncccc2C(=O)O)n1. The lowest BCUT2D eigenvalue weighted by molar-refractivity contribution is 0.0692. The molecule has 0 fully saturated rings. The van der Waals surface area contributed by atoms with Gasteiger partial charge in [0, 0.05) is 11.9 Å². The highest BCUT2D eigenvalue weighted by Gasteiger charge is 2.16. The molecule has 0 aliphatic rings. The molecule has 0 spiro atoms. The van der Waals surface area contributed by atoms with Crippen LogP contribution in [0, 0.1) is 25.2 Å². The van der Waals surface area contributed by atoms with Crippen molar-refractivity contribution in [2.75, 3.05) is 0 Å². The second-order valence-corrected chi connectivity index (χ2v) is 5.11. The van der Waals surface area contributed by atoms with E-state index in [1.165, 1.54) is 12.3 Å². The van der Waals surface area contributed by atoms with Crippen LogP contribution < -0.4 is 0 Å². The minimum atomic E-state index is -1.05. The van der Waals surface area contributed by atoms with Crippen LogP contribution in [0.3, 0.4) is 0 Å². The van der Waals surface area contributed by atoms with E-state index in [4.69, 9.17) is 5.11 Å². The van der Waals surface area contributed by atoms with Gasteiger partial charge in [-0.05, 0) is 49.4 Å². The third kappa shape index (κ3) is 2.78. The minimum absolute atomic E-state index is 0.0994. The molecule has 100 valence electrons. The van der Waals surface area contributed by atoms with Crippen LogP contribution in [0.5, 0.6) is 0 Å². The van der Waals surface area contributed by atoms with Crippen LogP contribution in [0.4, 0.5) is 0 Å². The molecule has 5 nitrogen and oxygen atoms in total. The number of rotatable bonds is 3. The van der Waals surface area contributed by atoms with Crippen LogP contribution in [0.15, 0.2) is 34.4 Å². The predicted octanol–water partition coefficient (Wildman–Crippen LogP) is 2.81. The molecule has 0 aliphatic heterocycles. The first-order valence-corrected chi connectivity index (χ1v) is 6.59. The van der Waals surface area contributed by atoms with Crippen LogP contribution in [-0.2, 0) is 0 Å². The van der Waals surface area contributed by atoms with Crippen molar-refractivity contribution in [2.45, 2.75) is 23.9 Å². The molecule has 6 heteroatoms. The Morgan fingerprint density at radius 3 is 2.80 bits per heavy atom. The number of nitriles is 1. The lowest BCUT2D eigenvalue weighted by Gasteiger charge is -2.08. The maximum absolute atomic E-state index is 11.2. The largest absolute Gasteiger partial charge is 0.478 e. The summed E-state index contributed by atoms with van der Waals surface area (Å²) in [5, 5.41) is 19.2. The summed E-state index contributed by atoms with van der Waals surface area (Å²) in [5.74, 6) is -1.05. The fourth-order valence-electron chi connectivity index (χ4n) is 1.74. The summed E-state index contributed by atoms with van der Waals surface area (Å²) in [7, 11) is 0. The van der Waals surface area contributed by atoms with E-state index in [2.05, 4.69) is 16.0 Å². The average Bonchev–Trinajstić information content (AvgIpc) is 2.38. The van der Waals surface area contributed by atoms with E-state index in [0.717, 1.165) is 23.0 Å². The van der Waals surface area contributed by atoms with Crippen LogP contribution >= 0.6 is 11.8 Å². The van der Waals surface area contributed by atoms with Gasteiger partial charge in [0.05, 0.1) is 11.1 Å². The zero-order chi connectivity index (χ0) is 14.7. The van der Waals surface area contributed by atoms with Gasteiger partial charge in [-0.25, -0.2) is 14.8 Å². The van der Waals surface area contributed by atoms with E-state index in [0.29, 0.717) is 15.6 Å². The number of aromatic nitrogens is 2. The van der Waals surface area contributed by atoms with Crippen LogP contribution in [0.2, 0.25) is 0 Å². The summed E-state index contributed by atoms with van der Waals surface area (Å²) in [6.45, 7) is 3.66. The highest BCUT2D eigenvalue weighted by Crippen LogP contribution is 2.31. The molecule has 0 saturated carbocycles. The van der Waals surface area contributed by atoms with Crippen molar-refractivity contribution in [3.05, 3.63) is 46.8 Å². The third-order valence-electron chi connectivity index (χ3n) is 2.62. The van der Waals surface area contributed by atoms with E-state index in [1.807, 2.05) is 19.9 Å². The van der Waals surface area contributed by atoms with Crippen LogP contribution in [0.1, 0.15) is 27.2 Å². The van der Waals surface area contributed by atoms with Gasteiger partial charge < -0.3 is 5.11 Å². The Kier molecular flexibility index (Phi) is 4.01. The third-order valence-corrected chi connectivity index (χ3v) is 3.63. The lowest BCUT2D eigenvalue weighted by atomic mass is 10.1. The molecule has 0 amide bonds. The van der Waals surface area contributed by atoms with Gasteiger partial charge in [-0.2, -0.15) is 5.26 Å². The second kappa shape index (κ2) is 5.72. The van der Waals surface area contributed by atoms with Gasteiger partial charge >= 0.3 is 5.97 Å². The zero-order valence-corrected chi connectivity index (χ0v) is 11.7. The van der Waals surface area contributed by atoms with E-state index in [-0.39, 0.29) is 5.56 Å². The molecule has 0 bridgehead atoms. The standard InChI is InChI=1S/C14H11N3O2S/c1-8-6-9(2)17-13(11(8)7-15)20-12-10(14(18)19)4-3-5-16-12/h3-6H,1-2H3,(H,18,19). The van der Waals surface area contributed by atoms with Gasteiger partial charge in [-0.15, -0.1) is 0 Å². The summed E-state index contributed by atoms with van der Waals surface area (Å²) >= 11 is 1.10. The Bertz CT molecular complexity index is 723. The molecular formula is C14H11N3O2S. The number of hydrogen-bond acceptors (Lipinski definition) is 5. The molecule has 20 heavy (non-hydrogen) atoms. The van der Waals surface area contributed by atoms with Gasteiger partial charge in [0.1, 0.15) is 16.1 Å². The summed E-state index contributed by atoms with van der Waals surface area (Å²) in [6.07, 6.45) is 1.52.